The van der Waals surface area contributed by atoms with Gasteiger partial charge in [0.2, 0.25) is 0 Å². The SMILES string of the molecule is O=C(Nc1cc(Cl)ccn1)c1cccc(F)c1F. The largest absolute Gasteiger partial charge is 0.306 e. The van der Waals surface area contributed by atoms with Crippen LogP contribution >= 0.6 is 11.6 Å². The summed E-state index contributed by atoms with van der Waals surface area (Å²) in [5.74, 6) is -2.91. The summed E-state index contributed by atoms with van der Waals surface area (Å²) < 4.78 is 26.3. The second-order valence-electron chi connectivity index (χ2n) is 3.41. The molecule has 0 aliphatic carbocycles. The Morgan fingerprint density at radius 2 is 2.06 bits per heavy atom. The quantitative estimate of drug-likeness (QED) is 0.908. The van der Waals surface area contributed by atoms with Gasteiger partial charge in [-0.1, -0.05) is 17.7 Å². The fraction of sp³-hybridized carbons (Fsp3) is 0. The molecule has 2 rings (SSSR count). The van der Waals surface area contributed by atoms with Gasteiger partial charge in [-0.15, -0.1) is 0 Å². The van der Waals surface area contributed by atoms with Gasteiger partial charge in [-0.25, -0.2) is 13.8 Å². The molecule has 0 saturated carbocycles. The van der Waals surface area contributed by atoms with E-state index in [0.717, 1.165) is 6.07 Å². The van der Waals surface area contributed by atoms with Crippen LogP contribution < -0.4 is 5.32 Å². The number of halogens is 3. The summed E-state index contributed by atoms with van der Waals surface area (Å²) in [5, 5.41) is 2.70. The van der Waals surface area contributed by atoms with Crippen molar-refractivity contribution < 1.29 is 13.6 Å². The zero-order valence-corrected chi connectivity index (χ0v) is 9.71. The molecule has 1 aromatic heterocycles. The number of hydrogen-bond acceptors (Lipinski definition) is 2. The first kappa shape index (κ1) is 12.4. The molecular weight excluding hydrogens is 262 g/mol. The number of rotatable bonds is 2. The molecule has 1 N–H and O–H groups in total. The maximum absolute atomic E-state index is 13.4. The van der Waals surface area contributed by atoms with Crippen molar-refractivity contribution in [1.82, 2.24) is 4.98 Å². The highest BCUT2D eigenvalue weighted by atomic mass is 35.5. The fourth-order valence-electron chi connectivity index (χ4n) is 1.34. The minimum absolute atomic E-state index is 0.163. The van der Waals surface area contributed by atoms with Crippen molar-refractivity contribution in [2.75, 3.05) is 5.32 Å². The lowest BCUT2D eigenvalue weighted by Gasteiger charge is -2.05. The number of nitrogens with zero attached hydrogens (tertiary/aromatic N) is 1. The molecule has 6 heteroatoms. The van der Waals surface area contributed by atoms with Crippen LogP contribution in [-0.4, -0.2) is 10.9 Å². The molecule has 0 unspecified atom stereocenters. The number of anilines is 1. The van der Waals surface area contributed by atoms with E-state index in [9.17, 15) is 13.6 Å². The molecule has 0 aliphatic heterocycles. The topological polar surface area (TPSA) is 42.0 Å². The molecule has 92 valence electrons. The average molecular weight is 269 g/mol. The van der Waals surface area contributed by atoms with E-state index in [4.69, 9.17) is 11.6 Å². The minimum Gasteiger partial charge on any atom is -0.306 e. The van der Waals surface area contributed by atoms with Crippen LogP contribution in [0.2, 0.25) is 5.02 Å². The van der Waals surface area contributed by atoms with Gasteiger partial charge in [-0.3, -0.25) is 4.79 Å². The standard InChI is InChI=1S/C12H7ClF2N2O/c13-7-4-5-16-10(6-7)17-12(18)8-2-1-3-9(14)11(8)15/h1-6H,(H,16,17,18). The van der Waals surface area contributed by atoms with Gasteiger partial charge >= 0.3 is 0 Å². The number of carbonyl (C=O) groups excluding carboxylic acids is 1. The van der Waals surface area contributed by atoms with Crippen molar-refractivity contribution in [1.29, 1.82) is 0 Å². The third kappa shape index (κ3) is 2.62. The Balaban J connectivity index is 2.25. The van der Waals surface area contributed by atoms with Crippen molar-refractivity contribution in [3.63, 3.8) is 0 Å². The van der Waals surface area contributed by atoms with Gasteiger partial charge in [-0.2, -0.15) is 0 Å². The maximum Gasteiger partial charge on any atom is 0.259 e. The summed E-state index contributed by atoms with van der Waals surface area (Å²) in [6.07, 6.45) is 1.39. The fourth-order valence-corrected chi connectivity index (χ4v) is 1.50. The highest BCUT2D eigenvalue weighted by Crippen LogP contribution is 2.15. The number of amides is 1. The molecule has 0 fully saturated rings. The highest BCUT2D eigenvalue weighted by Gasteiger charge is 2.15. The molecule has 0 saturated heterocycles. The molecule has 0 atom stereocenters. The number of aromatic nitrogens is 1. The monoisotopic (exact) mass is 268 g/mol. The molecule has 0 bridgehead atoms. The maximum atomic E-state index is 13.4. The first-order valence-electron chi connectivity index (χ1n) is 4.95. The Bertz CT molecular complexity index is 604. The smallest absolute Gasteiger partial charge is 0.259 e. The van der Waals surface area contributed by atoms with Gasteiger partial charge < -0.3 is 5.32 Å². The van der Waals surface area contributed by atoms with Crippen LogP contribution in [0.1, 0.15) is 10.4 Å². The van der Waals surface area contributed by atoms with Crippen LogP contribution in [0.4, 0.5) is 14.6 Å². The zero-order chi connectivity index (χ0) is 13.1. The minimum atomic E-state index is -1.20. The Hall–Kier alpha value is -2.01. The molecule has 1 heterocycles. The summed E-state index contributed by atoms with van der Waals surface area (Å²) in [6.45, 7) is 0. The van der Waals surface area contributed by atoms with E-state index in [0.29, 0.717) is 5.02 Å². The number of carbonyl (C=O) groups is 1. The molecule has 1 aromatic carbocycles. The third-order valence-corrected chi connectivity index (χ3v) is 2.39. The average Bonchev–Trinajstić information content (AvgIpc) is 2.32. The molecule has 0 radical (unpaired) electrons. The molecule has 1 amide bonds. The van der Waals surface area contributed by atoms with E-state index < -0.39 is 23.1 Å². The second kappa shape index (κ2) is 5.10. The van der Waals surface area contributed by atoms with Crippen LogP contribution in [0.5, 0.6) is 0 Å². The van der Waals surface area contributed by atoms with Gasteiger partial charge in [-0.05, 0) is 24.3 Å². The lowest BCUT2D eigenvalue weighted by molar-refractivity contribution is 0.102. The van der Waals surface area contributed by atoms with Crippen molar-refractivity contribution in [3.05, 3.63) is 58.7 Å². The summed E-state index contributed by atoms with van der Waals surface area (Å²) >= 11 is 5.71. The van der Waals surface area contributed by atoms with E-state index in [1.807, 2.05) is 0 Å². The van der Waals surface area contributed by atoms with Gasteiger partial charge in [0, 0.05) is 11.2 Å². The first-order valence-corrected chi connectivity index (χ1v) is 5.32. The van der Waals surface area contributed by atoms with Crippen LogP contribution in [0.3, 0.4) is 0 Å². The molecule has 0 aliphatic rings. The van der Waals surface area contributed by atoms with Crippen LogP contribution in [0, 0.1) is 11.6 Å². The van der Waals surface area contributed by atoms with Crippen LogP contribution in [-0.2, 0) is 0 Å². The van der Waals surface area contributed by atoms with Gasteiger partial charge in [0.05, 0.1) is 5.56 Å². The van der Waals surface area contributed by atoms with Gasteiger partial charge in [0.1, 0.15) is 5.82 Å². The van der Waals surface area contributed by atoms with E-state index in [1.165, 1.54) is 30.5 Å². The number of nitrogens with one attached hydrogen (secondary N) is 1. The lowest BCUT2D eigenvalue weighted by atomic mass is 10.2. The summed E-state index contributed by atoms with van der Waals surface area (Å²) in [7, 11) is 0. The molecule has 18 heavy (non-hydrogen) atoms. The predicted molar refractivity (Wildman–Crippen MR) is 63.6 cm³/mol. The third-order valence-electron chi connectivity index (χ3n) is 2.16. The second-order valence-corrected chi connectivity index (χ2v) is 3.85. The Morgan fingerprint density at radius 1 is 1.28 bits per heavy atom. The first-order chi connectivity index (χ1) is 8.58. The van der Waals surface area contributed by atoms with E-state index in [-0.39, 0.29) is 5.82 Å². The Morgan fingerprint density at radius 3 is 2.78 bits per heavy atom. The van der Waals surface area contributed by atoms with Crippen LogP contribution in [0.15, 0.2) is 36.5 Å². The summed E-state index contributed by atoms with van der Waals surface area (Å²) in [6, 6.07) is 6.29. The number of benzene rings is 1. The predicted octanol–water partition coefficient (Wildman–Crippen LogP) is 3.27. The van der Waals surface area contributed by atoms with Crippen molar-refractivity contribution >= 4 is 23.3 Å². The Labute approximate surface area is 106 Å². The van der Waals surface area contributed by atoms with E-state index in [2.05, 4.69) is 10.3 Å². The highest BCUT2D eigenvalue weighted by molar-refractivity contribution is 6.30. The number of pyridine rings is 1. The number of hydrogen-bond donors (Lipinski definition) is 1. The van der Waals surface area contributed by atoms with E-state index in [1.54, 1.807) is 0 Å². The van der Waals surface area contributed by atoms with Gasteiger partial charge in [0.15, 0.2) is 11.6 Å². The normalized spacial score (nSPS) is 10.2. The van der Waals surface area contributed by atoms with Gasteiger partial charge in [0.25, 0.3) is 5.91 Å². The van der Waals surface area contributed by atoms with Crippen molar-refractivity contribution in [2.24, 2.45) is 0 Å². The van der Waals surface area contributed by atoms with E-state index >= 15 is 0 Å². The molecule has 0 spiro atoms. The molecular formula is C12H7ClF2N2O. The summed E-state index contributed by atoms with van der Waals surface area (Å²) in [5.41, 5.74) is -0.392. The Kier molecular flexibility index (Phi) is 3.53. The summed E-state index contributed by atoms with van der Waals surface area (Å²) in [4.78, 5) is 15.5. The van der Waals surface area contributed by atoms with Crippen molar-refractivity contribution in [3.8, 4) is 0 Å². The lowest BCUT2D eigenvalue weighted by Crippen LogP contribution is -2.15. The zero-order valence-electron chi connectivity index (χ0n) is 8.95. The van der Waals surface area contributed by atoms with Crippen molar-refractivity contribution in [2.45, 2.75) is 0 Å². The van der Waals surface area contributed by atoms with Crippen LogP contribution in [0.25, 0.3) is 0 Å². The molecule has 3 nitrogen and oxygen atoms in total. The molecule has 2 aromatic rings.